The van der Waals surface area contributed by atoms with Crippen molar-refractivity contribution in [2.75, 3.05) is 19.5 Å². The molecule has 2 aromatic heterocycles. The van der Waals surface area contributed by atoms with E-state index in [2.05, 4.69) is 15.0 Å². The lowest BCUT2D eigenvalue weighted by Gasteiger charge is -2.04. The van der Waals surface area contributed by atoms with Crippen LogP contribution in [0.2, 0.25) is 0 Å². The zero-order chi connectivity index (χ0) is 14.6. The smallest absolute Gasteiger partial charge is 0.273 e. The third-order valence-electron chi connectivity index (χ3n) is 2.58. The van der Waals surface area contributed by atoms with E-state index >= 15 is 0 Å². The maximum Gasteiger partial charge on any atom is 0.273 e. The molecule has 2 heterocycles. The molecule has 0 saturated heterocycles. The van der Waals surface area contributed by atoms with E-state index in [-0.39, 0.29) is 5.09 Å². The van der Waals surface area contributed by atoms with Gasteiger partial charge in [0.05, 0.1) is 25.5 Å². The van der Waals surface area contributed by atoms with Gasteiger partial charge in [-0.3, -0.25) is 0 Å². The zero-order valence-corrected chi connectivity index (χ0v) is 11.9. The maximum absolute atomic E-state index is 11.5. The molecule has 0 unspecified atom stereocenters. The molecule has 0 atom stereocenters. The number of methoxy groups -OCH3 is 1. The fraction of sp³-hybridized carbons (Fsp3) is 0.250. The Kier molecular flexibility index (Phi) is 4.26. The average Bonchev–Trinajstić information content (AvgIpc) is 2.95. The molecule has 2 aromatic rings. The molecular formula is C12H15N3O4S. The van der Waals surface area contributed by atoms with Gasteiger partial charge in [0.25, 0.3) is 10.0 Å². The van der Waals surface area contributed by atoms with Gasteiger partial charge in [0, 0.05) is 6.07 Å². The lowest BCUT2D eigenvalue weighted by molar-refractivity contribution is 0.398. The monoisotopic (exact) mass is 297 g/mol. The minimum absolute atomic E-state index is 0.107. The molecule has 0 spiro atoms. The van der Waals surface area contributed by atoms with E-state index in [9.17, 15) is 8.42 Å². The SMILES string of the molecule is CNS(=O)(=O)c1ccc(CNc2ccc(OC)nc2)o1. The number of nitrogens with zero attached hydrogens (tertiary/aromatic N) is 1. The molecule has 0 radical (unpaired) electrons. The van der Waals surface area contributed by atoms with Gasteiger partial charge in [0.15, 0.2) is 0 Å². The number of aromatic nitrogens is 1. The first-order valence-corrected chi connectivity index (χ1v) is 7.29. The second-order valence-corrected chi connectivity index (χ2v) is 5.69. The van der Waals surface area contributed by atoms with Crippen LogP contribution in [0.5, 0.6) is 5.88 Å². The molecule has 0 aromatic carbocycles. The molecule has 2 N–H and O–H groups in total. The summed E-state index contributed by atoms with van der Waals surface area (Å²) in [7, 11) is -0.667. The summed E-state index contributed by atoms with van der Waals surface area (Å²) in [4.78, 5) is 4.05. The number of hydrogen-bond donors (Lipinski definition) is 2. The maximum atomic E-state index is 11.5. The van der Waals surface area contributed by atoms with Crippen molar-refractivity contribution in [3.05, 3.63) is 36.2 Å². The molecule has 20 heavy (non-hydrogen) atoms. The summed E-state index contributed by atoms with van der Waals surface area (Å²) >= 11 is 0. The van der Waals surface area contributed by atoms with E-state index in [1.54, 1.807) is 31.5 Å². The van der Waals surface area contributed by atoms with Crippen molar-refractivity contribution in [3.8, 4) is 5.88 Å². The number of rotatable bonds is 6. The van der Waals surface area contributed by atoms with Crippen LogP contribution in [0, 0.1) is 0 Å². The number of hydrogen-bond acceptors (Lipinski definition) is 6. The van der Waals surface area contributed by atoms with Gasteiger partial charge in [-0.1, -0.05) is 0 Å². The largest absolute Gasteiger partial charge is 0.481 e. The first-order valence-electron chi connectivity index (χ1n) is 5.81. The van der Waals surface area contributed by atoms with Crippen LogP contribution >= 0.6 is 0 Å². The summed E-state index contributed by atoms with van der Waals surface area (Å²) < 4.78 is 35.4. The fourth-order valence-electron chi connectivity index (χ4n) is 1.49. The molecule has 2 rings (SSSR count). The van der Waals surface area contributed by atoms with E-state index in [1.807, 2.05) is 0 Å². The van der Waals surface area contributed by atoms with Crippen LogP contribution in [-0.4, -0.2) is 27.6 Å². The Morgan fingerprint density at radius 1 is 1.30 bits per heavy atom. The first-order chi connectivity index (χ1) is 9.55. The van der Waals surface area contributed by atoms with E-state index in [4.69, 9.17) is 9.15 Å². The molecule has 0 amide bonds. The second-order valence-electron chi connectivity index (χ2n) is 3.87. The second kappa shape index (κ2) is 5.93. The number of furan rings is 1. The van der Waals surface area contributed by atoms with E-state index in [0.717, 1.165) is 5.69 Å². The molecule has 7 nitrogen and oxygen atoms in total. The summed E-state index contributed by atoms with van der Waals surface area (Å²) in [6.45, 7) is 0.354. The van der Waals surface area contributed by atoms with Crippen LogP contribution in [0.3, 0.4) is 0 Å². The van der Waals surface area contributed by atoms with Gasteiger partial charge >= 0.3 is 0 Å². The Labute approximate surface area is 117 Å². The minimum Gasteiger partial charge on any atom is -0.481 e. The van der Waals surface area contributed by atoms with Crippen LogP contribution in [0.1, 0.15) is 5.76 Å². The Bertz CT molecular complexity index is 664. The van der Waals surface area contributed by atoms with Crippen molar-refractivity contribution >= 4 is 15.7 Å². The third kappa shape index (κ3) is 3.28. The summed E-state index contributed by atoms with van der Waals surface area (Å²) in [5.41, 5.74) is 0.778. The molecule has 0 bridgehead atoms. The lowest BCUT2D eigenvalue weighted by atomic mass is 10.4. The quantitative estimate of drug-likeness (QED) is 0.832. The van der Waals surface area contributed by atoms with Gasteiger partial charge in [-0.15, -0.1) is 0 Å². The third-order valence-corrected chi connectivity index (χ3v) is 3.87. The van der Waals surface area contributed by atoms with Crippen LogP contribution < -0.4 is 14.8 Å². The number of sulfonamides is 1. The highest BCUT2D eigenvalue weighted by Gasteiger charge is 2.16. The summed E-state index contributed by atoms with van der Waals surface area (Å²) in [6, 6.07) is 6.55. The van der Waals surface area contributed by atoms with Gasteiger partial charge < -0.3 is 14.5 Å². The van der Waals surface area contributed by atoms with Crippen LogP contribution in [0.25, 0.3) is 0 Å². The van der Waals surface area contributed by atoms with Gasteiger partial charge in [-0.2, -0.15) is 0 Å². The van der Waals surface area contributed by atoms with Crippen LogP contribution in [-0.2, 0) is 16.6 Å². The highest BCUT2D eigenvalue weighted by atomic mass is 32.2. The Balaban J connectivity index is 2.00. The molecule has 8 heteroatoms. The predicted octanol–water partition coefficient (Wildman–Crippen LogP) is 1.20. The average molecular weight is 297 g/mol. The molecular weight excluding hydrogens is 282 g/mol. The van der Waals surface area contributed by atoms with Gasteiger partial charge in [-0.05, 0) is 25.2 Å². The van der Waals surface area contributed by atoms with Crippen molar-refractivity contribution in [2.24, 2.45) is 0 Å². The van der Waals surface area contributed by atoms with E-state index < -0.39 is 10.0 Å². The van der Waals surface area contributed by atoms with E-state index in [1.165, 1.54) is 13.1 Å². The van der Waals surface area contributed by atoms with Crippen molar-refractivity contribution in [3.63, 3.8) is 0 Å². The molecule has 0 aliphatic rings. The molecule has 0 aliphatic heterocycles. The number of nitrogens with one attached hydrogen (secondary N) is 2. The molecule has 0 fully saturated rings. The van der Waals surface area contributed by atoms with Gasteiger partial charge in [-0.25, -0.2) is 18.1 Å². The highest BCUT2D eigenvalue weighted by Crippen LogP contribution is 2.16. The number of anilines is 1. The number of pyridine rings is 1. The summed E-state index contributed by atoms with van der Waals surface area (Å²) in [6.07, 6.45) is 1.62. The topological polar surface area (TPSA) is 93.5 Å². The van der Waals surface area contributed by atoms with Crippen molar-refractivity contribution in [2.45, 2.75) is 11.6 Å². The van der Waals surface area contributed by atoms with Crippen LogP contribution in [0.4, 0.5) is 5.69 Å². The lowest BCUT2D eigenvalue weighted by Crippen LogP contribution is -2.17. The van der Waals surface area contributed by atoms with Gasteiger partial charge in [0.2, 0.25) is 11.0 Å². The molecule has 108 valence electrons. The Morgan fingerprint density at radius 3 is 2.70 bits per heavy atom. The fourth-order valence-corrected chi connectivity index (χ4v) is 2.16. The Hall–Kier alpha value is -2.06. The first kappa shape index (κ1) is 14.4. The molecule has 0 saturated carbocycles. The normalized spacial score (nSPS) is 11.3. The van der Waals surface area contributed by atoms with E-state index in [0.29, 0.717) is 18.2 Å². The number of ether oxygens (including phenoxy) is 1. The summed E-state index contributed by atoms with van der Waals surface area (Å²) in [5, 5.41) is 2.96. The molecule has 0 aliphatic carbocycles. The summed E-state index contributed by atoms with van der Waals surface area (Å²) in [5.74, 6) is 1.03. The Morgan fingerprint density at radius 2 is 2.10 bits per heavy atom. The van der Waals surface area contributed by atoms with Gasteiger partial charge in [0.1, 0.15) is 5.76 Å². The van der Waals surface area contributed by atoms with Crippen LogP contribution in [0.15, 0.2) is 40.0 Å². The van der Waals surface area contributed by atoms with Crippen molar-refractivity contribution < 1.29 is 17.6 Å². The standard InChI is InChI=1S/C12H15N3O4S/c1-13-20(16,17)12-6-4-10(19-12)8-14-9-3-5-11(18-2)15-7-9/h3-7,13-14H,8H2,1-2H3. The van der Waals surface area contributed by atoms with Crippen molar-refractivity contribution in [1.82, 2.24) is 9.71 Å². The predicted molar refractivity (Wildman–Crippen MR) is 73.1 cm³/mol. The van der Waals surface area contributed by atoms with Crippen molar-refractivity contribution in [1.29, 1.82) is 0 Å². The minimum atomic E-state index is -3.54. The highest BCUT2D eigenvalue weighted by molar-refractivity contribution is 7.89. The zero-order valence-electron chi connectivity index (χ0n) is 11.1.